The third-order valence-corrected chi connectivity index (χ3v) is 2.37. The summed E-state index contributed by atoms with van der Waals surface area (Å²) in [6.45, 7) is 0. The molecular formula is C3H10O4P+. The minimum Gasteiger partial charge on any atom is -0.359 e. The number of hydrogen-bond donors (Lipinski definition) is 4. The summed E-state index contributed by atoms with van der Waals surface area (Å²) < 4.78 is 0. The zero-order valence-electron chi connectivity index (χ0n) is 4.36. The second-order valence-electron chi connectivity index (χ2n) is 1.52. The summed E-state index contributed by atoms with van der Waals surface area (Å²) in [5, 5.41) is 24.8. The lowest BCUT2D eigenvalue weighted by Gasteiger charge is -2.09. The monoisotopic (exact) mass is 141 g/mol. The van der Waals surface area contributed by atoms with Crippen LogP contribution in [0.3, 0.4) is 0 Å². The summed E-state index contributed by atoms with van der Waals surface area (Å²) in [7, 11) is -2.75. The lowest BCUT2D eigenvalue weighted by atomic mass is 11.6. The molecule has 0 aliphatic rings. The molecule has 4 nitrogen and oxygen atoms in total. The van der Waals surface area contributed by atoms with Crippen LogP contribution in [-0.2, 0) is 0 Å². The zero-order chi connectivity index (χ0) is 6.62. The Labute approximate surface area is 47.8 Å². The van der Waals surface area contributed by atoms with Crippen molar-refractivity contribution in [3.8, 4) is 0 Å². The van der Waals surface area contributed by atoms with Crippen LogP contribution < -0.4 is 0 Å². The van der Waals surface area contributed by atoms with Crippen molar-refractivity contribution in [2.45, 2.75) is 0 Å². The van der Waals surface area contributed by atoms with Gasteiger partial charge in [0, 0.05) is 0 Å². The van der Waals surface area contributed by atoms with Crippen LogP contribution in [0.15, 0.2) is 0 Å². The highest BCUT2D eigenvalue weighted by Gasteiger charge is 2.32. The van der Waals surface area contributed by atoms with E-state index >= 15 is 0 Å². The van der Waals surface area contributed by atoms with Crippen LogP contribution in [0.25, 0.3) is 0 Å². The molecule has 4 N–H and O–H groups in total. The predicted molar refractivity (Wildman–Crippen MR) is 30.4 cm³/mol. The van der Waals surface area contributed by atoms with Crippen LogP contribution in [0.1, 0.15) is 0 Å². The highest BCUT2D eigenvalue weighted by atomic mass is 31.2. The topological polar surface area (TPSA) is 80.9 Å². The Bertz CT molecular complexity index is 54.0. The maximum absolute atomic E-state index is 8.80. The number of hydrogen-bond acceptors (Lipinski definition) is 4. The first kappa shape index (κ1) is 8.27. The van der Waals surface area contributed by atoms with Crippen molar-refractivity contribution in [3.63, 3.8) is 0 Å². The normalized spacial score (nSPS) is 12.0. The molecule has 50 valence electrons. The molecule has 0 spiro atoms. The van der Waals surface area contributed by atoms with Gasteiger partial charge >= 0.3 is 0 Å². The van der Waals surface area contributed by atoms with Crippen molar-refractivity contribution in [1.82, 2.24) is 0 Å². The molecule has 0 fully saturated rings. The van der Waals surface area contributed by atoms with Gasteiger partial charge in [0.2, 0.25) is 7.49 Å². The Morgan fingerprint density at radius 3 is 1.12 bits per heavy atom. The van der Waals surface area contributed by atoms with Crippen molar-refractivity contribution < 1.29 is 20.2 Å². The Hall–Kier alpha value is 0.270. The molecule has 0 radical (unpaired) electrons. The van der Waals surface area contributed by atoms with Gasteiger partial charge in [-0.2, -0.15) is 0 Å². The first-order chi connectivity index (χ1) is 3.68. The van der Waals surface area contributed by atoms with E-state index in [0.717, 1.165) is 0 Å². The standard InChI is InChI=1S/C3H10O4P/c4-1-8(7,2-5)3-6/h4-7H,1-3H2/q+1. The van der Waals surface area contributed by atoms with Crippen molar-refractivity contribution in [3.05, 3.63) is 0 Å². The van der Waals surface area contributed by atoms with E-state index in [2.05, 4.69) is 0 Å². The summed E-state index contributed by atoms with van der Waals surface area (Å²) in [5.41, 5.74) is 0. The van der Waals surface area contributed by atoms with Crippen molar-refractivity contribution in [1.29, 1.82) is 0 Å². The highest BCUT2D eigenvalue weighted by molar-refractivity contribution is 7.69. The summed E-state index contributed by atoms with van der Waals surface area (Å²) in [5.74, 6) is 0. The van der Waals surface area contributed by atoms with E-state index in [1.807, 2.05) is 0 Å². The molecule has 0 heterocycles. The molecule has 0 amide bonds. The van der Waals surface area contributed by atoms with E-state index in [1.165, 1.54) is 0 Å². The van der Waals surface area contributed by atoms with E-state index in [9.17, 15) is 0 Å². The van der Waals surface area contributed by atoms with Gasteiger partial charge in [0.25, 0.3) is 0 Å². The van der Waals surface area contributed by atoms with Gasteiger partial charge in [-0.05, 0) is 0 Å². The second kappa shape index (κ2) is 3.33. The molecular weight excluding hydrogens is 131 g/mol. The van der Waals surface area contributed by atoms with Crippen LogP contribution in [0.4, 0.5) is 0 Å². The lowest BCUT2D eigenvalue weighted by Crippen LogP contribution is -2.05. The van der Waals surface area contributed by atoms with Gasteiger partial charge in [0.05, 0.1) is 0 Å². The molecule has 0 aromatic rings. The quantitative estimate of drug-likeness (QED) is 0.370. The molecule has 5 heteroatoms. The average Bonchev–Trinajstić information content (AvgIpc) is 1.87. The van der Waals surface area contributed by atoms with E-state index in [-0.39, 0.29) is 0 Å². The third kappa shape index (κ3) is 2.03. The van der Waals surface area contributed by atoms with Gasteiger partial charge < -0.3 is 15.3 Å². The fraction of sp³-hybridized carbons (Fsp3) is 1.00. The molecule has 8 heavy (non-hydrogen) atoms. The highest BCUT2D eigenvalue weighted by Crippen LogP contribution is 2.50. The summed E-state index contributed by atoms with van der Waals surface area (Å²) >= 11 is 0. The lowest BCUT2D eigenvalue weighted by molar-refractivity contribution is 0.282. The molecule has 0 saturated heterocycles. The SMILES string of the molecule is OC[P+](O)(CO)CO. The Morgan fingerprint density at radius 2 is 1.12 bits per heavy atom. The molecule has 0 atom stereocenters. The van der Waals surface area contributed by atoms with Gasteiger partial charge in [0.15, 0.2) is 19.0 Å². The third-order valence-electron chi connectivity index (χ3n) is 0.790. The molecule has 0 aliphatic carbocycles. The maximum Gasteiger partial charge on any atom is 0.220 e. The smallest absolute Gasteiger partial charge is 0.220 e. The van der Waals surface area contributed by atoms with Crippen molar-refractivity contribution in [2.24, 2.45) is 0 Å². The number of aliphatic hydroxyl groups is 3. The van der Waals surface area contributed by atoms with Crippen LogP contribution in [-0.4, -0.2) is 39.3 Å². The molecule has 0 bridgehead atoms. The van der Waals surface area contributed by atoms with Crippen LogP contribution >= 0.6 is 7.49 Å². The van der Waals surface area contributed by atoms with Crippen LogP contribution in [0.2, 0.25) is 0 Å². The van der Waals surface area contributed by atoms with Crippen molar-refractivity contribution >= 4 is 7.49 Å². The molecule has 0 rings (SSSR count). The van der Waals surface area contributed by atoms with Gasteiger partial charge in [0.1, 0.15) is 0 Å². The van der Waals surface area contributed by atoms with Gasteiger partial charge in [-0.1, -0.05) is 0 Å². The van der Waals surface area contributed by atoms with Gasteiger partial charge in [-0.15, -0.1) is 0 Å². The van der Waals surface area contributed by atoms with Crippen LogP contribution in [0, 0.1) is 0 Å². The van der Waals surface area contributed by atoms with E-state index in [4.69, 9.17) is 20.2 Å². The Morgan fingerprint density at radius 1 is 0.875 bits per heavy atom. The predicted octanol–water partition coefficient (Wildman–Crippen LogP) is -1.24. The Balaban J connectivity index is 3.58. The van der Waals surface area contributed by atoms with Gasteiger partial charge in [-0.25, -0.2) is 4.89 Å². The largest absolute Gasteiger partial charge is 0.359 e. The molecule has 0 aromatic heterocycles. The first-order valence-corrected chi connectivity index (χ1v) is 4.39. The fourth-order valence-corrected chi connectivity index (χ4v) is 0.402. The average molecular weight is 141 g/mol. The summed E-state index contributed by atoms with van der Waals surface area (Å²) in [6.07, 6.45) is -1.54. The number of rotatable bonds is 3. The second-order valence-corrected chi connectivity index (χ2v) is 4.56. The van der Waals surface area contributed by atoms with E-state index in [0.29, 0.717) is 0 Å². The Kier molecular flexibility index (Phi) is 3.44. The molecule has 0 saturated carbocycles. The van der Waals surface area contributed by atoms with E-state index < -0.39 is 26.5 Å². The van der Waals surface area contributed by atoms with Crippen LogP contribution in [0.5, 0.6) is 0 Å². The minimum absolute atomic E-state index is 0.514. The van der Waals surface area contributed by atoms with E-state index in [1.54, 1.807) is 0 Å². The zero-order valence-corrected chi connectivity index (χ0v) is 5.25. The first-order valence-electron chi connectivity index (χ1n) is 2.10. The summed E-state index contributed by atoms with van der Waals surface area (Å²) in [6, 6.07) is 0. The maximum atomic E-state index is 8.80. The molecule has 0 aliphatic heterocycles. The van der Waals surface area contributed by atoms with Crippen molar-refractivity contribution in [2.75, 3.05) is 19.0 Å². The van der Waals surface area contributed by atoms with Gasteiger partial charge in [-0.3, -0.25) is 0 Å². The molecule has 0 unspecified atom stereocenters. The molecule has 0 aromatic carbocycles. The summed E-state index contributed by atoms with van der Waals surface area (Å²) in [4.78, 5) is 8.80. The minimum atomic E-state index is -2.75. The number of aliphatic hydroxyl groups excluding tert-OH is 3. The fourth-order valence-electron chi connectivity index (χ4n) is 0.134.